The molecule has 126 valence electrons. The van der Waals surface area contributed by atoms with Crippen LogP contribution in [0.15, 0.2) is 30.3 Å². The molecule has 0 radical (unpaired) electrons. The Hall–Kier alpha value is -1.92. The molecule has 1 aliphatic heterocycles. The van der Waals surface area contributed by atoms with Crippen molar-refractivity contribution >= 4 is 11.9 Å². The zero-order valence-electron chi connectivity index (χ0n) is 13.6. The molecule has 1 aromatic carbocycles. The molecular weight excluding hydrogens is 296 g/mol. The predicted molar refractivity (Wildman–Crippen MR) is 85.9 cm³/mol. The van der Waals surface area contributed by atoms with Crippen molar-refractivity contribution in [3.8, 4) is 0 Å². The van der Waals surface area contributed by atoms with Crippen molar-refractivity contribution in [3.05, 3.63) is 35.9 Å². The average Bonchev–Trinajstić information content (AvgIpc) is 2.54. The first-order valence-corrected chi connectivity index (χ1v) is 7.83. The second kappa shape index (κ2) is 8.08. The van der Waals surface area contributed by atoms with E-state index in [1.807, 2.05) is 18.2 Å². The van der Waals surface area contributed by atoms with Crippen LogP contribution in [0.2, 0.25) is 0 Å². The van der Waals surface area contributed by atoms with Crippen LogP contribution in [0.3, 0.4) is 0 Å². The van der Waals surface area contributed by atoms with Crippen LogP contribution in [0.4, 0.5) is 0 Å². The molecular formula is C17H24N2O4. The van der Waals surface area contributed by atoms with Gasteiger partial charge in [-0.3, -0.25) is 9.69 Å². The van der Waals surface area contributed by atoms with Crippen molar-refractivity contribution in [1.29, 1.82) is 0 Å². The van der Waals surface area contributed by atoms with Crippen molar-refractivity contribution in [2.75, 3.05) is 26.7 Å². The van der Waals surface area contributed by atoms with E-state index < -0.39 is 12.0 Å². The number of amides is 1. The van der Waals surface area contributed by atoms with E-state index in [9.17, 15) is 9.59 Å². The summed E-state index contributed by atoms with van der Waals surface area (Å²) in [5.41, 5.74) is 1.23. The quantitative estimate of drug-likeness (QED) is 0.853. The molecule has 0 spiro atoms. The van der Waals surface area contributed by atoms with Gasteiger partial charge in [0.2, 0.25) is 5.91 Å². The number of aliphatic carboxylic acids is 1. The number of carboxylic acids is 1. The Morgan fingerprint density at radius 1 is 1.39 bits per heavy atom. The fourth-order valence-corrected chi connectivity index (χ4v) is 2.61. The monoisotopic (exact) mass is 320 g/mol. The van der Waals surface area contributed by atoms with Crippen LogP contribution >= 0.6 is 0 Å². The summed E-state index contributed by atoms with van der Waals surface area (Å²) in [6, 6.07) is 9.35. The molecule has 0 saturated carbocycles. The minimum atomic E-state index is -1.00. The predicted octanol–water partition coefficient (Wildman–Crippen LogP) is 1.21. The van der Waals surface area contributed by atoms with Crippen LogP contribution in [0, 0.1) is 0 Å². The SMILES string of the molecule is C[C@H](C(=O)O)N(C)C(=O)C[C@H]1CN(Cc2ccccc2)CCO1. The van der Waals surface area contributed by atoms with Gasteiger partial charge >= 0.3 is 5.97 Å². The number of likely N-dealkylation sites (N-methyl/N-ethyl adjacent to an activating group) is 1. The fourth-order valence-electron chi connectivity index (χ4n) is 2.61. The Morgan fingerprint density at radius 2 is 2.09 bits per heavy atom. The summed E-state index contributed by atoms with van der Waals surface area (Å²) >= 11 is 0. The molecule has 1 heterocycles. The lowest BCUT2D eigenvalue weighted by Crippen LogP contribution is -2.46. The number of morpholine rings is 1. The molecule has 0 unspecified atom stereocenters. The zero-order chi connectivity index (χ0) is 16.8. The molecule has 0 aromatic heterocycles. The molecule has 0 aliphatic carbocycles. The minimum absolute atomic E-state index is 0.191. The summed E-state index contributed by atoms with van der Waals surface area (Å²) in [6.45, 7) is 4.43. The van der Waals surface area contributed by atoms with E-state index in [-0.39, 0.29) is 18.4 Å². The summed E-state index contributed by atoms with van der Waals surface area (Å²) in [6.07, 6.45) is 0.0165. The van der Waals surface area contributed by atoms with Gasteiger partial charge in [0, 0.05) is 26.7 Å². The van der Waals surface area contributed by atoms with E-state index in [4.69, 9.17) is 9.84 Å². The maximum absolute atomic E-state index is 12.2. The van der Waals surface area contributed by atoms with Crippen LogP contribution in [0.25, 0.3) is 0 Å². The lowest BCUT2D eigenvalue weighted by molar-refractivity contribution is -0.150. The first-order chi connectivity index (χ1) is 11.0. The van der Waals surface area contributed by atoms with Crippen molar-refractivity contribution in [2.24, 2.45) is 0 Å². The van der Waals surface area contributed by atoms with Crippen molar-refractivity contribution in [3.63, 3.8) is 0 Å². The van der Waals surface area contributed by atoms with Crippen LogP contribution in [-0.2, 0) is 20.9 Å². The third kappa shape index (κ3) is 5.04. The van der Waals surface area contributed by atoms with Crippen molar-refractivity contribution in [2.45, 2.75) is 32.0 Å². The number of hydrogen-bond donors (Lipinski definition) is 1. The molecule has 1 fully saturated rings. The number of benzene rings is 1. The first kappa shape index (κ1) is 17.4. The molecule has 23 heavy (non-hydrogen) atoms. The summed E-state index contributed by atoms with van der Waals surface area (Å²) in [7, 11) is 1.52. The normalized spacial score (nSPS) is 20.0. The highest BCUT2D eigenvalue weighted by Gasteiger charge is 2.27. The average molecular weight is 320 g/mol. The summed E-state index contributed by atoms with van der Waals surface area (Å²) in [5, 5.41) is 8.98. The molecule has 2 rings (SSSR count). The number of ether oxygens (including phenoxy) is 1. The number of carbonyl (C=O) groups excluding carboxylic acids is 1. The molecule has 1 saturated heterocycles. The highest BCUT2D eigenvalue weighted by molar-refractivity contribution is 5.83. The van der Waals surface area contributed by atoms with E-state index >= 15 is 0 Å². The minimum Gasteiger partial charge on any atom is -0.480 e. The number of carbonyl (C=O) groups is 2. The Morgan fingerprint density at radius 3 is 2.74 bits per heavy atom. The van der Waals surface area contributed by atoms with Crippen molar-refractivity contribution < 1.29 is 19.4 Å². The van der Waals surface area contributed by atoms with E-state index in [0.717, 1.165) is 13.1 Å². The van der Waals surface area contributed by atoms with E-state index in [2.05, 4.69) is 17.0 Å². The molecule has 1 N–H and O–H groups in total. The Bertz CT molecular complexity index is 535. The standard InChI is InChI=1S/C17H24N2O4/c1-13(17(21)22)18(2)16(20)10-15-12-19(8-9-23-15)11-14-6-4-3-5-7-14/h3-7,13,15H,8-12H2,1-2H3,(H,21,22)/t13-,15+/m1/s1. The third-order valence-corrected chi connectivity index (χ3v) is 4.21. The van der Waals surface area contributed by atoms with Gasteiger partial charge in [0.25, 0.3) is 0 Å². The van der Waals surface area contributed by atoms with E-state index in [1.165, 1.54) is 24.4 Å². The van der Waals surface area contributed by atoms with Gasteiger partial charge in [0.05, 0.1) is 19.1 Å². The zero-order valence-corrected chi connectivity index (χ0v) is 13.6. The van der Waals surface area contributed by atoms with Crippen LogP contribution in [0.1, 0.15) is 18.9 Å². The highest BCUT2D eigenvalue weighted by atomic mass is 16.5. The second-order valence-electron chi connectivity index (χ2n) is 5.94. The topological polar surface area (TPSA) is 70.1 Å². The third-order valence-electron chi connectivity index (χ3n) is 4.21. The first-order valence-electron chi connectivity index (χ1n) is 7.83. The molecule has 1 aromatic rings. The largest absolute Gasteiger partial charge is 0.480 e. The highest BCUT2D eigenvalue weighted by Crippen LogP contribution is 2.14. The molecule has 6 heteroatoms. The molecule has 1 amide bonds. The summed E-state index contributed by atoms with van der Waals surface area (Å²) in [5.74, 6) is -1.21. The van der Waals surface area contributed by atoms with Gasteiger partial charge in [-0.1, -0.05) is 30.3 Å². The molecule has 1 aliphatic rings. The lowest BCUT2D eigenvalue weighted by atomic mass is 10.1. The van der Waals surface area contributed by atoms with E-state index in [0.29, 0.717) is 13.2 Å². The van der Waals surface area contributed by atoms with Crippen LogP contribution in [-0.4, -0.2) is 65.7 Å². The maximum atomic E-state index is 12.2. The Kier molecular flexibility index (Phi) is 6.12. The lowest BCUT2D eigenvalue weighted by Gasteiger charge is -2.33. The molecule has 6 nitrogen and oxygen atoms in total. The van der Waals surface area contributed by atoms with Crippen LogP contribution < -0.4 is 0 Å². The maximum Gasteiger partial charge on any atom is 0.326 e. The van der Waals surface area contributed by atoms with Gasteiger partial charge in [-0.05, 0) is 12.5 Å². The van der Waals surface area contributed by atoms with Gasteiger partial charge in [-0.2, -0.15) is 0 Å². The van der Waals surface area contributed by atoms with Gasteiger partial charge in [-0.15, -0.1) is 0 Å². The van der Waals surface area contributed by atoms with Crippen molar-refractivity contribution in [1.82, 2.24) is 9.80 Å². The van der Waals surface area contributed by atoms with Gasteiger partial charge in [0.1, 0.15) is 6.04 Å². The van der Waals surface area contributed by atoms with Gasteiger partial charge < -0.3 is 14.7 Å². The number of rotatable bonds is 6. The van der Waals surface area contributed by atoms with E-state index in [1.54, 1.807) is 0 Å². The van der Waals surface area contributed by atoms with Crippen LogP contribution in [0.5, 0.6) is 0 Å². The second-order valence-corrected chi connectivity index (χ2v) is 5.94. The number of nitrogens with zero attached hydrogens (tertiary/aromatic N) is 2. The summed E-state index contributed by atoms with van der Waals surface area (Å²) < 4.78 is 5.67. The number of hydrogen-bond acceptors (Lipinski definition) is 4. The Balaban J connectivity index is 1.86. The molecule has 2 atom stereocenters. The van der Waals surface area contributed by atoms with Gasteiger partial charge in [0.15, 0.2) is 0 Å². The number of carboxylic acid groups (broad SMARTS) is 1. The van der Waals surface area contributed by atoms with Gasteiger partial charge in [-0.25, -0.2) is 4.79 Å². The fraction of sp³-hybridized carbons (Fsp3) is 0.529. The Labute approximate surface area is 136 Å². The molecule has 0 bridgehead atoms. The smallest absolute Gasteiger partial charge is 0.326 e. The summed E-state index contributed by atoms with van der Waals surface area (Å²) in [4.78, 5) is 26.7.